The largest absolute Gasteiger partial charge is 0.280 e. The molecule has 0 bridgehead atoms. The molecule has 0 saturated carbocycles. The number of nitrogens with zero attached hydrogens (tertiary/aromatic N) is 1. The number of fused-ring (bicyclic) bond motifs is 1. The Labute approximate surface area is 130 Å². The Hall–Kier alpha value is -1.86. The fourth-order valence-corrected chi connectivity index (χ4v) is 4.28. The summed E-state index contributed by atoms with van der Waals surface area (Å²) in [5.74, 6) is 0. The van der Waals surface area contributed by atoms with Crippen molar-refractivity contribution in [2.45, 2.75) is 11.8 Å². The van der Waals surface area contributed by atoms with Gasteiger partial charge in [0, 0.05) is 9.86 Å². The number of aromatic nitrogens is 2. The molecule has 108 valence electrons. The fraction of sp³-hybridized carbons (Fsp3) is 0.0714. The van der Waals surface area contributed by atoms with Crippen molar-refractivity contribution in [2.75, 3.05) is 4.72 Å². The monoisotopic (exact) mass is 365 g/mol. The molecule has 5 nitrogen and oxygen atoms in total. The zero-order valence-corrected chi connectivity index (χ0v) is 13.5. The molecule has 0 aliphatic rings. The van der Waals surface area contributed by atoms with Crippen LogP contribution in [0.3, 0.4) is 0 Å². The molecule has 1 heterocycles. The maximum atomic E-state index is 12.4. The Balaban J connectivity index is 1.98. The maximum Gasteiger partial charge on any atom is 0.263 e. The number of hydrogen-bond acceptors (Lipinski definition) is 3. The van der Waals surface area contributed by atoms with E-state index in [1.54, 1.807) is 42.6 Å². The number of aromatic amines is 1. The van der Waals surface area contributed by atoms with Crippen molar-refractivity contribution in [1.29, 1.82) is 0 Å². The van der Waals surface area contributed by atoms with Gasteiger partial charge in [-0.3, -0.25) is 9.82 Å². The molecule has 0 aliphatic heterocycles. The minimum absolute atomic E-state index is 0.206. The van der Waals surface area contributed by atoms with Crippen molar-refractivity contribution in [3.8, 4) is 0 Å². The molecular formula is C14H12BrN3O2S. The van der Waals surface area contributed by atoms with Crippen LogP contribution in [-0.4, -0.2) is 18.6 Å². The molecule has 0 radical (unpaired) electrons. The van der Waals surface area contributed by atoms with Gasteiger partial charge in [0.1, 0.15) is 4.90 Å². The lowest BCUT2D eigenvalue weighted by Crippen LogP contribution is -2.13. The smallest absolute Gasteiger partial charge is 0.263 e. The second-order valence-corrected chi connectivity index (χ2v) is 7.22. The number of halogens is 1. The van der Waals surface area contributed by atoms with E-state index in [4.69, 9.17) is 0 Å². The summed E-state index contributed by atoms with van der Waals surface area (Å²) in [5, 5.41) is 7.65. The number of anilines is 1. The van der Waals surface area contributed by atoms with Gasteiger partial charge in [0.15, 0.2) is 0 Å². The third-order valence-electron chi connectivity index (χ3n) is 3.07. The van der Waals surface area contributed by atoms with Crippen molar-refractivity contribution in [3.05, 3.63) is 52.6 Å². The first kappa shape index (κ1) is 14.1. The zero-order valence-electron chi connectivity index (χ0n) is 11.1. The molecule has 21 heavy (non-hydrogen) atoms. The topological polar surface area (TPSA) is 74.8 Å². The summed E-state index contributed by atoms with van der Waals surface area (Å²) in [6.45, 7) is 1.90. The van der Waals surface area contributed by atoms with E-state index in [2.05, 4.69) is 30.8 Å². The van der Waals surface area contributed by atoms with Crippen molar-refractivity contribution < 1.29 is 8.42 Å². The van der Waals surface area contributed by atoms with Crippen molar-refractivity contribution in [3.63, 3.8) is 0 Å². The number of benzene rings is 2. The van der Waals surface area contributed by atoms with Crippen LogP contribution in [0.1, 0.15) is 5.56 Å². The molecule has 0 unspecified atom stereocenters. The van der Waals surface area contributed by atoms with Crippen LogP contribution in [-0.2, 0) is 10.0 Å². The summed E-state index contributed by atoms with van der Waals surface area (Å²) in [4.78, 5) is 0.206. The first-order chi connectivity index (χ1) is 9.95. The molecule has 0 spiro atoms. The molecule has 7 heteroatoms. The quantitative estimate of drug-likeness (QED) is 0.746. The number of hydrogen-bond donors (Lipinski definition) is 2. The first-order valence-electron chi connectivity index (χ1n) is 6.18. The molecule has 0 amide bonds. The third-order valence-corrected chi connectivity index (χ3v) is 5.43. The van der Waals surface area contributed by atoms with E-state index in [0.29, 0.717) is 10.2 Å². The lowest BCUT2D eigenvalue weighted by Gasteiger charge is -2.10. The standard InChI is InChI=1S/C14H12BrN3O2S/c1-9-2-5-14(12(15)6-9)21(19,20)18-11-4-3-10-8-16-17-13(10)7-11/h2-8,18H,1H3,(H,16,17). The van der Waals surface area contributed by atoms with Crippen LogP contribution < -0.4 is 4.72 Å². The molecule has 2 aromatic carbocycles. The zero-order chi connectivity index (χ0) is 15.0. The second kappa shape index (κ2) is 5.16. The molecular weight excluding hydrogens is 354 g/mol. The number of nitrogens with one attached hydrogen (secondary N) is 2. The predicted octanol–water partition coefficient (Wildman–Crippen LogP) is 3.43. The summed E-state index contributed by atoms with van der Waals surface area (Å²) in [5.41, 5.74) is 2.25. The van der Waals surface area contributed by atoms with Crippen molar-refractivity contribution in [2.24, 2.45) is 0 Å². The average Bonchev–Trinajstić information content (AvgIpc) is 2.85. The summed E-state index contributed by atoms with van der Waals surface area (Å²) in [7, 11) is -3.64. The lowest BCUT2D eigenvalue weighted by molar-refractivity contribution is 0.601. The molecule has 1 aromatic heterocycles. The van der Waals surface area contributed by atoms with Crippen LogP contribution in [0.4, 0.5) is 5.69 Å². The summed E-state index contributed by atoms with van der Waals surface area (Å²) >= 11 is 3.29. The Morgan fingerprint density at radius 3 is 2.76 bits per heavy atom. The highest BCUT2D eigenvalue weighted by atomic mass is 79.9. The molecule has 0 aliphatic carbocycles. The molecule has 2 N–H and O–H groups in total. The van der Waals surface area contributed by atoms with E-state index in [1.807, 2.05) is 6.92 Å². The fourth-order valence-electron chi connectivity index (χ4n) is 2.03. The normalized spacial score (nSPS) is 11.7. The molecule has 0 atom stereocenters. The highest BCUT2D eigenvalue weighted by molar-refractivity contribution is 9.10. The van der Waals surface area contributed by atoms with E-state index in [0.717, 1.165) is 16.5 Å². The summed E-state index contributed by atoms with van der Waals surface area (Å²) < 4.78 is 28.0. The van der Waals surface area contributed by atoms with Crippen molar-refractivity contribution >= 4 is 42.5 Å². The summed E-state index contributed by atoms with van der Waals surface area (Å²) in [6.07, 6.45) is 1.68. The van der Waals surface area contributed by atoms with Crippen LogP contribution in [0.2, 0.25) is 0 Å². The van der Waals surface area contributed by atoms with Gasteiger partial charge in [0.2, 0.25) is 0 Å². The predicted molar refractivity (Wildman–Crippen MR) is 85.8 cm³/mol. The van der Waals surface area contributed by atoms with Crippen LogP contribution >= 0.6 is 15.9 Å². The van der Waals surface area contributed by atoms with Gasteiger partial charge >= 0.3 is 0 Å². The molecule has 0 saturated heterocycles. The van der Waals surface area contributed by atoms with Gasteiger partial charge in [-0.05, 0) is 58.7 Å². The van der Waals surface area contributed by atoms with Gasteiger partial charge in [-0.25, -0.2) is 8.42 Å². The minimum atomic E-state index is -3.64. The Morgan fingerprint density at radius 2 is 2.00 bits per heavy atom. The maximum absolute atomic E-state index is 12.4. The van der Waals surface area contributed by atoms with Crippen LogP contribution in [0.25, 0.3) is 10.9 Å². The Morgan fingerprint density at radius 1 is 1.19 bits per heavy atom. The van der Waals surface area contributed by atoms with E-state index >= 15 is 0 Å². The van der Waals surface area contributed by atoms with E-state index in [1.165, 1.54) is 0 Å². The Kier molecular flexibility index (Phi) is 3.46. The van der Waals surface area contributed by atoms with E-state index in [-0.39, 0.29) is 4.90 Å². The van der Waals surface area contributed by atoms with Gasteiger partial charge in [0.05, 0.1) is 17.4 Å². The minimum Gasteiger partial charge on any atom is -0.280 e. The molecule has 0 fully saturated rings. The number of H-pyrrole nitrogens is 1. The van der Waals surface area contributed by atoms with E-state index in [9.17, 15) is 8.42 Å². The average molecular weight is 366 g/mol. The summed E-state index contributed by atoms with van der Waals surface area (Å²) in [6, 6.07) is 10.3. The number of aryl methyl sites for hydroxylation is 1. The highest BCUT2D eigenvalue weighted by Crippen LogP contribution is 2.26. The van der Waals surface area contributed by atoms with Crippen molar-refractivity contribution in [1.82, 2.24) is 10.2 Å². The van der Waals surface area contributed by atoms with Crippen LogP contribution in [0.5, 0.6) is 0 Å². The molecule has 3 rings (SSSR count). The van der Waals surface area contributed by atoms with E-state index < -0.39 is 10.0 Å². The van der Waals surface area contributed by atoms with Gasteiger partial charge < -0.3 is 0 Å². The lowest BCUT2D eigenvalue weighted by atomic mass is 10.2. The van der Waals surface area contributed by atoms with Crippen LogP contribution in [0.15, 0.2) is 52.0 Å². The Bertz CT molecular complexity index is 919. The number of rotatable bonds is 3. The van der Waals surface area contributed by atoms with Gasteiger partial charge in [-0.2, -0.15) is 5.10 Å². The highest BCUT2D eigenvalue weighted by Gasteiger charge is 2.17. The SMILES string of the molecule is Cc1ccc(S(=O)(=O)Nc2ccc3cn[nH]c3c2)c(Br)c1. The third kappa shape index (κ3) is 2.79. The number of sulfonamides is 1. The van der Waals surface area contributed by atoms with Crippen LogP contribution in [0, 0.1) is 6.92 Å². The second-order valence-electron chi connectivity index (χ2n) is 4.71. The molecule has 3 aromatic rings. The first-order valence-corrected chi connectivity index (χ1v) is 8.45. The van der Waals surface area contributed by atoms with Gasteiger partial charge in [-0.1, -0.05) is 6.07 Å². The van der Waals surface area contributed by atoms with Gasteiger partial charge in [0.25, 0.3) is 10.0 Å². The van der Waals surface area contributed by atoms with Gasteiger partial charge in [-0.15, -0.1) is 0 Å².